The molecule has 2 aliphatic rings. The minimum absolute atomic E-state index is 1.04. The third kappa shape index (κ3) is 1.47. The molecule has 1 heterocycles. The van der Waals surface area contributed by atoms with E-state index in [2.05, 4.69) is 13.8 Å². The Balaban J connectivity index is 2.02. The van der Waals surface area contributed by atoms with Crippen molar-refractivity contribution in [3.05, 3.63) is 5.92 Å². The molecule has 1 saturated carbocycles. The van der Waals surface area contributed by atoms with Crippen molar-refractivity contribution in [1.29, 1.82) is 0 Å². The average molecular weight is 169 g/mol. The van der Waals surface area contributed by atoms with Crippen LogP contribution < -0.4 is 0 Å². The zero-order chi connectivity index (χ0) is 7.84. The molecule has 1 unspecified atom stereocenters. The Morgan fingerprint density at radius 3 is 3.09 bits per heavy atom. The van der Waals surface area contributed by atoms with Crippen molar-refractivity contribution in [2.75, 3.05) is 6.16 Å². The van der Waals surface area contributed by atoms with Crippen LogP contribution >= 0.6 is 8.58 Å². The fraction of sp³-hybridized carbons (Fsp3) is 0.900. The molecule has 1 radical (unpaired) electrons. The molecule has 0 aromatic heterocycles. The summed E-state index contributed by atoms with van der Waals surface area (Å²) < 4.78 is 0. The summed E-state index contributed by atoms with van der Waals surface area (Å²) in [4.78, 5) is 0. The van der Waals surface area contributed by atoms with Gasteiger partial charge in [0, 0.05) is 0 Å². The lowest BCUT2D eigenvalue weighted by atomic mass is 9.77. The highest BCUT2D eigenvalue weighted by Gasteiger charge is 2.34. The van der Waals surface area contributed by atoms with Crippen molar-refractivity contribution in [1.82, 2.24) is 0 Å². The van der Waals surface area contributed by atoms with E-state index in [1.54, 1.807) is 0 Å². The Morgan fingerprint density at radius 1 is 1.45 bits per heavy atom. The van der Waals surface area contributed by atoms with Gasteiger partial charge in [-0.1, -0.05) is 13.8 Å². The normalized spacial score (nSPS) is 48.0. The van der Waals surface area contributed by atoms with Crippen LogP contribution in [0.25, 0.3) is 0 Å². The first kappa shape index (κ1) is 8.05. The zero-order valence-electron chi connectivity index (χ0n) is 7.56. The van der Waals surface area contributed by atoms with E-state index in [1.807, 2.05) is 5.92 Å². The molecule has 4 atom stereocenters. The van der Waals surface area contributed by atoms with Crippen LogP contribution in [0.5, 0.6) is 0 Å². The van der Waals surface area contributed by atoms with Gasteiger partial charge < -0.3 is 0 Å². The molecule has 0 N–H and O–H groups in total. The standard InChI is InChI=1S/C10H18P/c1-7-3-4-9-5-10(7)11-6-8(9)2/h8-11H,3-6H2,1-2H3/t8-,9-,10-/m0/s1. The molecule has 0 aromatic rings. The quantitative estimate of drug-likeness (QED) is 0.489. The van der Waals surface area contributed by atoms with E-state index in [0.717, 1.165) is 17.5 Å². The van der Waals surface area contributed by atoms with E-state index in [9.17, 15) is 0 Å². The van der Waals surface area contributed by atoms with E-state index in [-0.39, 0.29) is 0 Å². The van der Waals surface area contributed by atoms with Crippen LogP contribution in [0.2, 0.25) is 0 Å². The molecule has 0 amide bonds. The molecule has 1 aliphatic heterocycles. The van der Waals surface area contributed by atoms with E-state index >= 15 is 0 Å². The van der Waals surface area contributed by atoms with Crippen LogP contribution in [0, 0.1) is 17.8 Å². The first-order valence-electron chi connectivity index (χ1n) is 4.83. The van der Waals surface area contributed by atoms with E-state index < -0.39 is 0 Å². The molecule has 2 fully saturated rings. The van der Waals surface area contributed by atoms with Crippen LogP contribution in [0.15, 0.2) is 0 Å². The predicted molar refractivity (Wildman–Crippen MR) is 52.4 cm³/mol. The van der Waals surface area contributed by atoms with Crippen molar-refractivity contribution >= 4 is 8.58 Å². The maximum Gasteiger partial charge on any atom is -0.0174 e. The highest BCUT2D eigenvalue weighted by Crippen LogP contribution is 2.49. The highest BCUT2D eigenvalue weighted by molar-refractivity contribution is 7.39. The first-order valence-corrected chi connectivity index (χ1v) is 6.11. The number of rotatable bonds is 0. The molecular weight excluding hydrogens is 151 g/mol. The molecule has 11 heavy (non-hydrogen) atoms. The second kappa shape index (κ2) is 3.05. The molecule has 0 aromatic carbocycles. The second-order valence-electron chi connectivity index (χ2n) is 4.32. The van der Waals surface area contributed by atoms with Gasteiger partial charge >= 0.3 is 0 Å². The van der Waals surface area contributed by atoms with Crippen LogP contribution in [-0.4, -0.2) is 11.8 Å². The number of fused-ring (bicyclic) bond motifs is 2. The van der Waals surface area contributed by atoms with E-state index in [0.29, 0.717) is 0 Å². The summed E-state index contributed by atoms with van der Waals surface area (Å²) in [6.45, 7) is 4.83. The number of hydrogen-bond acceptors (Lipinski definition) is 0. The van der Waals surface area contributed by atoms with Gasteiger partial charge in [-0.2, -0.15) is 0 Å². The van der Waals surface area contributed by atoms with Gasteiger partial charge in [0.25, 0.3) is 0 Å². The Bertz CT molecular complexity index is 128. The number of hydrogen-bond donors (Lipinski definition) is 0. The summed E-state index contributed by atoms with van der Waals surface area (Å²) in [6, 6.07) is 0. The summed E-state index contributed by atoms with van der Waals surface area (Å²) >= 11 is 0. The van der Waals surface area contributed by atoms with Gasteiger partial charge in [-0.3, -0.25) is 0 Å². The van der Waals surface area contributed by atoms with Gasteiger partial charge in [-0.05, 0) is 48.8 Å². The van der Waals surface area contributed by atoms with Crippen molar-refractivity contribution in [3.8, 4) is 0 Å². The summed E-state index contributed by atoms with van der Waals surface area (Å²) in [5.41, 5.74) is 1.05. The van der Waals surface area contributed by atoms with Crippen molar-refractivity contribution in [2.45, 2.75) is 38.8 Å². The van der Waals surface area contributed by atoms with Crippen LogP contribution in [0.3, 0.4) is 0 Å². The molecule has 2 rings (SSSR count). The SMILES string of the molecule is C[C]1CC[C@H]2C[C@@H]1PC[C@@H]2C. The van der Waals surface area contributed by atoms with E-state index in [1.165, 1.54) is 34.0 Å². The van der Waals surface area contributed by atoms with Crippen LogP contribution in [-0.2, 0) is 0 Å². The Hall–Kier alpha value is 0.430. The minimum atomic E-state index is 1.04. The van der Waals surface area contributed by atoms with Crippen molar-refractivity contribution < 1.29 is 0 Å². The van der Waals surface area contributed by atoms with Gasteiger partial charge in [0.15, 0.2) is 0 Å². The topological polar surface area (TPSA) is 0 Å². The fourth-order valence-electron chi connectivity index (χ4n) is 2.48. The van der Waals surface area contributed by atoms with Crippen LogP contribution in [0.1, 0.15) is 33.1 Å². The largest absolute Gasteiger partial charge is 0.118 e. The third-order valence-electron chi connectivity index (χ3n) is 3.53. The first-order chi connectivity index (χ1) is 5.27. The molecule has 0 spiro atoms. The highest BCUT2D eigenvalue weighted by atomic mass is 31.1. The monoisotopic (exact) mass is 169 g/mol. The summed E-state index contributed by atoms with van der Waals surface area (Å²) in [5, 5.41) is 0. The van der Waals surface area contributed by atoms with Crippen molar-refractivity contribution in [2.24, 2.45) is 11.8 Å². The molecule has 1 heteroatoms. The molecule has 0 nitrogen and oxygen atoms in total. The maximum absolute atomic E-state index is 2.45. The average Bonchev–Trinajstić information content (AvgIpc) is 2.02. The van der Waals surface area contributed by atoms with Gasteiger partial charge in [0.05, 0.1) is 0 Å². The maximum atomic E-state index is 2.45. The van der Waals surface area contributed by atoms with Crippen molar-refractivity contribution in [3.63, 3.8) is 0 Å². The fourth-order valence-corrected chi connectivity index (χ4v) is 4.43. The Labute approximate surface area is 71.9 Å². The molecule has 2 bridgehead atoms. The molecular formula is C10H18P. The molecule has 1 aliphatic carbocycles. The summed E-state index contributed by atoms with van der Waals surface area (Å²) in [6.07, 6.45) is 5.98. The lowest BCUT2D eigenvalue weighted by molar-refractivity contribution is 0.287. The lowest BCUT2D eigenvalue weighted by Gasteiger charge is -2.42. The van der Waals surface area contributed by atoms with Gasteiger partial charge in [0.1, 0.15) is 0 Å². The lowest BCUT2D eigenvalue weighted by Crippen LogP contribution is -2.32. The predicted octanol–water partition coefficient (Wildman–Crippen LogP) is 3.08. The summed E-state index contributed by atoms with van der Waals surface area (Å²) in [7, 11) is 1.25. The van der Waals surface area contributed by atoms with Crippen LogP contribution in [0.4, 0.5) is 0 Å². The summed E-state index contributed by atoms with van der Waals surface area (Å²) in [5.74, 6) is 3.94. The molecule has 63 valence electrons. The Kier molecular flexibility index (Phi) is 2.23. The second-order valence-corrected chi connectivity index (χ2v) is 5.83. The zero-order valence-corrected chi connectivity index (χ0v) is 8.56. The third-order valence-corrected chi connectivity index (χ3v) is 5.63. The van der Waals surface area contributed by atoms with Gasteiger partial charge in [-0.15, -0.1) is 8.58 Å². The Morgan fingerprint density at radius 2 is 2.27 bits per heavy atom. The van der Waals surface area contributed by atoms with Gasteiger partial charge in [0.2, 0.25) is 0 Å². The minimum Gasteiger partial charge on any atom is -0.118 e. The molecule has 1 saturated heterocycles. The van der Waals surface area contributed by atoms with E-state index in [4.69, 9.17) is 0 Å². The smallest absolute Gasteiger partial charge is 0.0174 e. The van der Waals surface area contributed by atoms with Gasteiger partial charge in [-0.25, -0.2) is 0 Å².